The van der Waals surface area contributed by atoms with Crippen LogP contribution in [0.1, 0.15) is 18.4 Å². The number of carbonyl (C=O) groups excluding carboxylic acids is 1. The van der Waals surface area contributed by atoms with E-state index in [1.54, 1.807) is 6.08 Å². The normalized spacial score (nSPS) is 28.8. The van der Waals surface area contributed by atoms with Gasteiger partial charge in [-0.05, 0) is 55.6 Å². The van der Waals surface area contributed by atoms with E-state index in [0.717, 1.165) is 16.6 Å². The molecule has 3 heterocycles. The van der Waals surface area contributed by atoms with Gasteiger partial charge in [-0.15, -0.1) is 0 Å². The second-order valence-corrected chi connectivity index (χ2v) is 6.55. The van der Waals surface area contributed by atoms with Crippen LogP contribution in [-0.4, -0.2) is 36.5 Å². The lowest BCUT2D eigenvalue weighted by molar-refractivity contribution is -0.118. The Kier molecular flexibility index (Phi) is 4.22. The minimum atomic E-state index is 0.0201. The molecule has 20 heavy (non-hydrogen) atoms. The third-order valence-electron chi connectivity index (χ3n) is 4.28. The number of nitrogens with zero attached hydrogens (tertiary/aromatic N) is 1. The Labute approximate surface area is 128 Å². The van der Waals surface area contributed by atoms with E-state index in [1.165, 1.54) is 25.9 Å². The van der Waals surface area contributed by atoms with Crippen molar-refractivity contribution in [1.29, 1.82) is 0 Å². The lowest BCUT2D eigenvalue weighted by Crippen LogP contribution is -2.57. The van der Waals surface area contributed by atoms with Gasteiger partial charge in [-0.1, -0.05) is 28.1 Å². The minimum Gasteiger partial charge on any atom is -0.348 e. The number of nitrogens with one attached hydrogen (secondary N) is 1. The molecule has 1 unspecified atom stereocenters. The van der Waals surface area contributed by atoms with E-state index < -0.39 is 0 Å². The minimum absolute atomic E-state index is 0.0201. The van der Waals surface area contributed by atoms with Gasteiger partial charge in [0, 0.05) is 23.1 Å². The highest BCUT2D eigenvalue weighted by Gasteiger charge is 2.34. The van der Waals surface area contributed by atoms with Gasteiger partial charge in [-0.2, -0.15) is 0 Å². The Hall–Kier alpha value is -1.13. The summed E-state index contributed by atoms with van der Waals surface area (Å²) in [5, 5.41) is 3.16. The molecule has 1 amide bonds. The zero-order valence-corrected chi connectivity index (χ0v) is 13.0. The molecule has 1 aromatic carbocycles. The summed E-state index contributed by atoms with van der Waals surface area (Å²) in [6.45, 7) is 3.42. The molecule has 3 aliphatic heterocycles. The predicted molar refractivity (Wildman–Crippen MR) is 84.3 cm³/mol. The summed E-state index contributed by atoms with van der Waals surface area (Å²) < 4.78 is 1.05. The lowest BCUT2D eigenvalue weighted by Gasteiger charge is -2.44. The largest absolute Gasteiger partial charge is 0.348 e. The Morgan fingerprint density at radius 3 is 2.55 bits per heavy atom. The molecule has 0 radical (unpaired) electrons. The van der Waals surface area contributed by atoms with E-state index >= 15 is 0 Å². The number of hydrogen-bond acceptors (Lipinski definition) is 2. The van der Waals surface area contributed by atoms with Crippen molar-refractivity contribution in [3.63, 3.8) is 0 Å². The quantitative estimate of drug-likeness (QED) is 0.862. The van der Waals surface area contributed by atoms with Gasteiger partial charge in [0.1, 0.15) is 0 Å². The number of halogens is 1. The third-order valence-corrected chi connectivity index (χ3v) is 4.81. The van der Waals surface area contributed by atoms with Gasteiger partial charge < -0.3 is 10.2 Å². The first-order chi connectivity index (χ1) is 9.70. The van der Waals surface area contributed by atoms with Crippen molar-refractivity contribution in [1.82, 2.24) is 10.2 Å². The van der Waals surface area contributed by atoms with Crippen molar-refractivity contribution in [2.24, 2.45) is 5.92 Å². The summed E-state index contributed by atoms with van der Waals surface area (Å²) in [7, 11) is 0. The Morgan fingerprint density at radius 2 is 1.95 bits per heavy atom. The molecule has 0 saturated carbocycles. The van der Waals surface area contributed by atoms with Gasteiger partial charge in [0.15, 0.2) is 0 Å². The monoisotopic (exact) mass is 334 g/mol. The second kappa shape index (κ2) is 6.10. The molecule has 0 spiro atoms. The average molecular weight is 335 g/mol. The fourth-order valence-corrected chi connectivity index (χ4v) is 3.37. The average Bonchev–Trinajstić information content (AvgIpc) is 2.48. The van der Waals surface area contributed by atoms with Gasteiger partial charge >= 0.3 is 0 Å². The van der Waals surface area contributed by atoms with Crippen LogP contribution >= 0.6 is 15.9 Å². The molecule has 106 valence electrons. The number of hydrogen-bond donors (Lipinski definition) is 1. The first-order valence-electron chi connectivity index (χ1n) is 7.17. The first-order valence-corrected chi connectivity index (χ1v) is 7.96. The number of fused-ring (bicyclic) bond motifs is 3. The smallest absolute Gasteiger partial charge is 0.244 e. The van der Waals surface area contributed by atoms with E-state index in [2.05, 4.69) is 26.1 Å². The van der Waals surface area contributed by atoms with Crippen LogP contribution in [0.4, 0.5) is 0 Å². The maximum atomic E-state index is 12.0. The topological polar surface area (TPSA) is 32.3 Å². The van der Waals surface area contributed by atoms with Crippen LogP contribution in [0.3, 0.4) is 0 Å². The van der Waals surface area contributed by atoms with E-state index in [1.807, 2.05) is 30.3 Å². The molecule has 4 heteroatoms. The van der Waals surface area contributed by atoms with Crippen molar-refractivity contribution in [2.45, 2.75) is 18.9 Å². The van der Waals surface area contributed by atoms with Crippen molar-refractivity contribution in [3.05, 3.63) is 40.4 Å². The van der Waals surface area contributed by atoms with Crippen LogP contribution in [0.25, 0.3) is 6.08 Å². The van der Waals surface area contributed by atoms with Crippen molar-refractivity contribution < 1.29 is 4.79 Å². The maximum Gasteiger partial charge on any atom is 0.244 e. The van der Waals surface area contributed by atoms with E-state index in [-0.39, 0.29) is 5.91 Å². The Balaban J connectivity index is 1.55. The summed E-state index contributed by atoms with van der Waals surface area (Å²) in [5.41, 5.74) is 1.04. The van der Waals surface area contributed by atoms with E-state index in [9.17, 15) is 4.79 Å². The molecule has 1 N–H and O–H groups in total. The molecule has 0 aliphatic carbocycles. The predicted octanol–water partition coefficient (Wildman–Crippen LogP) is 2.67. The molecule has 1 atom stereocenters. The van der Waals surface area contributed by atoms with Crippen LogP contribution in [0.2, 0.25) is 0 Å². The number of amides is 1. The highest BCUT2D eigenvalue weighted by atomic mass is 79.9. The molecule has 1 aromatic rings. The first kappa shape index (κ1) is 13.8. The van der Waals surface area contributed by atoms with Crippen LogP contribution in [-0.2, 0) is 4.79 Å². The van der Waals surface area contributed by atoms with Gasteiger partial charge in [0.05, 0.1) is 0 Å². The number of carbonyl (C=O) groups is 1. The number of piperidine rings is 3. The summed E-state index contributed by atoms with van der Waals surface area (Å²) in [6, 6.07) is 8.26. The van der Waals surface area contributed by atoms with Crippen LogP contribution in [0.15, 0.2) is 34.8 Å². The van der Waals surface area contributed by atoms with Crippen LogP contribution in [0, 0.1) is 5.92 Å². The number of benzene rings is 1. The van der Waals surface area contributed by atoms with Gasteiger partial charge in [0.25, 0.3) is 0 Å². The van der Waals surface area contributed by atoms with Crippen LogP contribution in [0.5, 0.6) is 0 Å². The van der Waals surface area contributed by atoms with Crippen LogP contribution < -0.4 is 5.32 Å². The lowest BCUT2D eigenvalue weighted by atomic mass is 9.84. The molecule has 3 fully saturated rings. The summed E-state index contributed by atoms with van der Waals surface area (Å²) in [6.07, 6.45) is 5.95. The Bertz CT molecular complexity index is 504. The fraction of sp³-hybridized carbons (Fsp3) is 0.438. The highest BCUT2D eigenvalue weighted by Crippen LogP contribution is 2.27. The molecule has 3 aliphatic rings. The molecule has 2 bridgehead atoms. The highest BCUT2D eigenvalue weighted by molar-refractivity contribution is 9.10. The molecular weight excluding hydrogens is 316 g/mol. The van der Waals surface area contributed by atoms with Gasteiger partial charge in [-0.25, -0.2) is 0 Å². The number of rotatable bonds is 3. The van der Waals surface area contributed by atoms with Crippen molar-refractivity contribution in [3.8, 4) is 0 Å². The molecule has 4 rings (SSSR count). The second-order valence-electron chi connectivity index (χ2n) is 5.64. The molecule has 3 nitrogen and oxygen atoms in total. The summed E-state index contributed by atoms with van der Waals surface area (Å²) in [5.74, 6) is 0.691. The Morgan fingerprint density at radius 1 is 1.25 bits per heavy atom. The molecule has 0 aromatic heterocycles. The molecule has 3 saturated heterocycles. The van der Waals surface area contributed by atoms with E-state index in [0.29, 0.717) is 12.0 Å². The van der Waals surface area contributed by atoms with Gasteiger partial charge in [0.2, 0.25) is 5.91 Å². The summed E-state index contributed by atoms with van der Waals surface area (Å²) >= 11 is 3.40. The maximum absolute atomic E-state index is 12.0. The standard InChI is InChI=1S/C16H19BrN2O/c17-14-4-1-12(2-5-14)3-6-16(20)18-15-11-19-9-7-13(15)8-10-19/h1-6,13,15H,7-11H2,(H,18,20). The fourth-order valence-electron chi connectivity index (χ4n) is 3.11. The third kappa shape index (κ3) is 3.30. The SMILES string of the molecule is O=C(C=Cc1ccc(Br)cc1)NC1CN2CCC1CC2. The van der Waals surface area contributed by atoms with Crippen molar-refractivity contribution >= 4 is 27.9 Å². The van der Waals surface area contributed by atoms with Gasteiger partial charge in [-0.3, -0.25) is 4.79 Å². The summed E-state index contributed by atoms with van der Waals surface area (Å²) in [4.78, 5) is 14.4. The zero-order chi connectivity index (χ0) is 13.9. The van der Waals surface area contributed by atoms with Crippen molar-refractivity contribution in [2.75, 3.05) is 19.6 Å². The van der Waals surface area contributed by atoms with E-state index in [4.69, 9.17) is 0 Å². The zero-order valence-electron chi connectivity index (χ0n) is 11.4. The molecular formula is C16H19BrN2O.